The van der Waals surface area contributed by atoms with Gasteiger partial charge in [0.2, 0.25) is 5.91 Å². The Morgan fingerprint density at radius 3 is 2.20 bits per heavy atom. The molecule has 1 N–H and O–H groups in total. The summed E-state index contributed by atoms with van der Waals surface area (Å²) in [5.74, 6) is -0.379. The normalized spacial score (nSPS) is 15.2. The van der Waals surface area contributed by atoms with E-state index in [9.17, 15) is 35.9 Å². The van der Waals surface area contributed by atoms with Gasteiger partial charge in [-0.25, -0.2) is 9.78 Å². The monoisotopic (exact) mass is 510 g/mol. The highest BCUT2D eigenvalue weighted by molar-refractivity contribution is 5.84. The topological polar surface area (TPSA) is 78.5 Å². The summed E-state index contributed by atoms with van der Waals surface area (Å²) < 4.78 is 84.2. The minimum Gasteiger partial charge on any atom is -0.444 e. The van der Waals surface area contributed by atoms with Crippen molar-refractivity contribution in [3.05, 3.63) is 29.1 Å². The lowest BCUT2D eigenvalue weighted by molar-refractivity contribution is -0.142. The van der Waals surface area contributed by atoms with Crippen molar-refractivity contribution in [1.29, 1.82) is 0 Å². The summed E-state index contributed by atoms with van der Waals surface area (Å²) in [5, 5.41) is 0. The van der Waals surface area contributed by atoms with Gasteiger partial charge in [0.1, 0.15) is 23.5 Å². The zero-order chi connectivity index (χ0) is 26.8. The van der Waals surface area contributed by atoms with Gasteiger partial charge >= 0.3 is 18.4 Å². The fourth-order valence-electron chi connectivity index (χ4n) is 3.33. The van der Waals surface area contributed by atoms with E-state index >= 15 is 0 Å². The minimum atomic E-state index is -5.03. The molecule has 0 radical (unpaired) electrons. The van der Waals surface area contributed by atoms with Crippen LogP contribution in [0.4, 0.5) is 31.1 Å². The second kappa shape index (κ2) is 10.3. The van der Waals surface area contributed by atoms with Gasteiger partial charge in [0.25, 0.3) is 0 Å². The number of carbonyl (C=O) groups excluding carboxylic acids is 2. The Balaban J connectivity index is 0.00000210. The smallest absolute Gasteiger partial charge is 0.418 e. The maximum Gasteiger partial charge on any atom is 0.418 e. The van der Waals surface area contributed by atoms with Gasteiger partial charge in [-0.2, -0.15) is 26.3 Å². The van der Waals surface area contributed by atoms with Crippen LogP contribution in [0.2, 0.25) is 0 Å². The number of aromatic nitrogens is 2. The lowest BCUT2D eigenvalue weighted by Crippen LogP contribution is -2.53. The molecular formula is C22H28F6N4O3. The Morgan fingerprint density at radius 2 is 1.69 bits per heavy atom. The van der Waals surface area contributed by atoms with Crippen molar-refractivity contribution in [3.8, 4) is 0 Å². The van der Waals surface area contributed by atoms with Crippen LogP contribution in [0.25, 0.3) is 11.0 Å². The van der Waals surface area contributed by atoms with Gasteiger partial charge in [-0.05, 0) is 32.9 Å². The van der Waals surface area contributed by atoms with Gasteiger partial charge < -0.3 is 14.6 Å². The Hall–Kier alpha value is -2.99. The van der Waals surface area contributed by atoms with Crippen molar-refractivity contribution < 1.29 is 40.7 Å². The number of benzene rings is 1. The van der Waals surface area contributed by atoms with Gasteiger partial charge in [0.15, 0.2) is 0 Å². The molecule has 1 aliphatic rings. The first-order chi connectivity index (χ1) is 16.0. The maximum atomic E-state index is 13.3. The van der Waals surface area contributed by atoms with Gasteiger partial charge in [-0.1, -0.05) is 13.8 Å². The van der Waals surface area contributed by atoms with Gasteiger partial charge in [-0.3, -0.25) is 9.69 Å². The van der Waals surface area contributed by atoms with E-state index in [1.54, 1.807) is 20.8 Å². The molecule has 0 bridgehead atoms. The average molecular weight is 510 g/mol. The van der Waals surface area contributed by atoms with E-state index in [1.807, 2.05) is 13.8 Å². The highest BCUT2D eigenvalue weighted by Crippen LogP contribution is 2.39. The first kappa shape index (κ1) is 28.2. The summed E-state index contributed by atoms with van der Waals surface area (Å²) in [5.41, 5.74) is -4.66. The average Bonchev–Trinajstić information content (AvgIpc) is 3.13. The van der Waals surface area contributed by atoms with E-state index in [0.29, 0.717) is 6.07 Å². The van der Waals surface area contributed by atoms with Crippen LogP contribution in [0.1, 0.15) is 51.6 Å². The molecule has 0 aliphatic carbocycles. The number of halogens is 6. The largest absolute Gasteiger partial charge is 0.444 e. The highest BCUT2D eigenvalue weighted by atomic mass is 19.4. The molecule has 1 fully saturated rings. The number of aromatic amines is 1. The molecule has 13 heteroatoms. The number of hydrogen-bond donors (Lipinski definition) is 1. The molecule has 0 spiro atoms. The van der Waals surface area contributed by atoms with E-state index in [0.717, 1.165) is 0 Å². The molecule has 35 heavy (non-hydrogen) atoms. The Bertz CT molecular complexity index is 1060. The van der Waals surface area contributed by atoms with Crippen molar-refractivity contribution >= 4 is 23.0 Å². The number of alkyl halides is 6. The number of imidazole rings is 1. The first-order valence-corrected chi connectivity index (χ1v) is 11.0. The molecular weight excluding hydrogens is 482 g/mol. The molecule has 3 rings (SSSR count). The van der Waals surface area contributed by atoms with E-state index in [-0.39, 0.29) is 44.5 Å². The number of carbonyl (C=O) groups is 2. The van der Waals surface area contributed by atoms with E-state index in [2.05, 4.69) is 9.97 Å². The lowest BCUT2D eigenvalue weighted by Gasteiger charge is -2.35. The summed E-state index contributed by atoms with van der Waals surface area (Å²) in [6.45, 7) is 9.29. The van der Waals surface area contributed by atoms with Crippen LogP contribution in [0.3, 0.4) is 0 Å². The summed E-state index contributed by atoms with van der Waals surface area (Å²) in [6.07, 6.45) is -10.6. The number of hydrogen-bond acceptors (Lipinski definition) is 4. The van der Waals surface area contributed by atoms with Crippen molar-refractivity contribution in [1.82, 2.24) is 19.8 Å². The molecule has 2 aromatic rings. The zero-order valence-electron chi connectivity index (χ0n) is 20.0. The number of nitrogens with zero attached hydrogens (tertiary/aromatic N) is 3. The maximum absolute atomic E-state index is 13.3. The highest BCUT2D eigenvalue weighted by Gasteiger charge is 2.39. The fraction of sp³-hybridized carbons (Fsp3) is 0.591. The van der Waals surface area contributed by atoms with E-state index in [1.165, 1.54) is 9.80 Å². The molecule has 1 saturated heterocycles. The summed E-state index contributed by atoms with van der Waals surface area (Å²) in [4.78, 5) is 33.5. The molecule has 0 atom stereocenters. The summed E-state index contributed by atoms with van der Waals surface area (Å²) >= 11 is 0. The van der Waals surface area contributed by atoms with Crippen LogP contribution in [0.5, 0.6) is 0 Å². The number of H-pyrrole nitrogens is 1. The molecule has 1 aromatic carbocycles. The van der Waals surface area contributed by atoms with Crippen LogP contribution < -0.4 is 0 Å². The van der Waals surface area contributed by atoms with Gasteiger partial charge in [0.05, 0.1) is 16.6 Å². The molecule has 2 heterocycles. The number of nitrogens with one attached hydrogen (secondary N) is 1. The standard InChI is InChI=1S/C20H22F6N4O3.C2H6/c1-18(2,3)33-17(32)30-7-6-29(15(31)10-30)5-4-14-27-13-9-11(19(21,22)23)8-12(16(13)28-14)20(24,25)26;1-2/h8-9H,4-7,10H2,1-3H3,(H,27,28);1-2H3. The number of rotatable bonds is 3. The van der Waals surface area contributed by atoms with Crippen molar-refractivity contribution in [2.75, 3.05) is 26.2 Å². The number of ether oxygens (including phenoxy) is 1. The van der Waals surface area contributed by atoms with Crippen LogP contribution in [0, 0.1) is 0 Å². The lowest BCUT2D eigenvalue weighted by atomic mass is 10.1. The molecule has 7 nitrogen and oxygen atoms in total. The zero-order valence-corrected chi connectivity index (χ0v) is 20.0. The first-order valence-electron chi connectivity index (χ1n) is 11.0. The third kappa shape index (κ3) is 7.25. The van der Waals surface area contributed by atoms with Crippen molar-refractivity contribution in [2.24, 2.45) is 0 Å². The number of piperazine rings is 1. The van der Waals surface area contributed by atoms with Gasteiger partial charge in [0, 0.05) is 26.1 Å². The summed E-state index contributed by atoms with van der Waals surface area (Å²) in [6, 6.07) is 0.609. The third-order valence-electron chi connectivity index (χ3n) is 4.86. The molecule has 2 amide bonds. The quantitative estimate of drug-likeness (QED) is 0.573. The molecule has 1 aromatic heterocycles. The molecule has 0 saturated carbocycles. The second-order valence-corrected chi connectivity index (χ2v) is 8.63. The Morgan fingerprint density at radius 1 is 1.06 bits per heavy atom. The summed E-state index contributed by atoms with van der Waals surface area (Å²) in [7, 11) is 0. The van der Waals surface area contributed by atoms with Crippen molar-refractivity contribution in [2.45, 2.75) is 59.0 Å². The van der Waals surface area contributed by atoms with Crippen LogP contribution in [0.15, 0.2) is 12.1 Å². The molecule has 196 valence electrons. The van der Waals surface area contributed by atoms with Crippen LogP contribution in [-0.2, 0) is 28.3 Å². The Kier molecular flexibility index (Phi) is 8.33. The predicted molar refractivity (Wildman–Crippen MR) is 116 cm³/mol. The SMILES string of the molecule is CC.CC(C)(C)OC(=O)N1CCN(CCc2nc3c(C(F)(F)F)cc(C(F)(F)F)cc3[nH]2)C(=O)C1. The number of fused-ring (bicyclic) bond motifs is 1. The predicted octanol–water partition coefficient (Wildman–Crippen LogP) is 5.25. The fourth-order valence-corrected chi connectivity index (χ4v) is 3.33. The Labute approximate surface area is 198 Å². The van der Waals surface area contributed by atoms with E-state index < -0.39 is 52.1 Å². The third-order valence-corrected chi connectivity index (χ3v) is 4.86. The van der Waals surface area contributed by atoms with Crippen LogP contribution >= 0.6 is 0 Å². The molecule has 1 aliphatic heterocycles. The molecule has 0 unspecified atom stereocenters. The van der Waals surface area contributed by atoms with Crippen molar-refractivity contribution in [3.63, 3.8) is 0 Å². The minimum absolute atomic E-state index is 0.00843. The number of amides is 2. The van der Waals surface area contributed by atoms with E-state index in [4.69, 9.17) is 4.74 Å². The van der Waals surface area contributed by atoms with Gasteiger partial charge in [-0.15, -0.1) is 0 Å². The van der Waals surface area contributed by atoms with Crippen LogP contribution in [-0.4, -0.2) is 63.5 Å². The second-order valence-electron chi connectivity index (χ2n) is 8.63.